The quantitative estimate of drug-likeness (QED) is 0.248. The number of carboxylic acids is 1. The van der Waals surface area contributed by atoms with Crippen molar-refractivity contribution in [2.24, 2.45) is 0 Å². The minimum atomic E-state index is -1.61. The number of carbonyl (C=O) groups is 1. The second-order valence-corrected chi connectivity index (χ2v) is 8.93. The predicted molar refractivity (Wildman–Crippen MR) is 140 cm³/mol. The molecule has 0 fully saturated rings. The summed E-state index contributed by atoms with van der Waals surface area (Å²) in [5.41, 5.74) is 8.07. The first-order valence-electron chi connectivity index (χ1n) is 11.6. The Labute approximate surface area is 214 Å². The van der Waals surface area contributed by atoms with Crippen molar-refractivity contribution in [1.29, 1.82) is 0 Å². The molecule has 4 N–H and O–H groups in total. The summed E-state index contributed by atoms with van der Waals surface area (Å²) >= 11 is 0. The van der Waals surface area contributed by atoms with Gasteiger partial charge in [0.15, 0.2) is 17.1 Å². The van der Waals surface area contributed by atoms with Crippen molar-refractivity contribution in [1.82, 2.24) is 9.78 Å². The lowest BCUT2D eigenvalue weighted by atomic mass is 10.00. The van der Waals surface area contributed by atoms with Crippen molar-refractivity contribution in [2.75, 3.05) is 11.1 Å². The molecular weight excluding hydrogens is 494 g/mol. The minimum Gasteiger partial charge on any atom is -0.478 e. The summed E-state index contributed by atoms with van der Waals surface area (Å²) < 4.78 is 35.8. The van der Waals surface area contributed by atoms with Crippen molar-refractivity contribution in [3.63, 3.8) is 0 Å². The molecule has 0 bridgehead atoms. The summed E-state index contributed by atoms with van der Waals surface area (Å²) in [4.78, 5) is 24.7. The molecule has 0 aliphatic rings. The third-order valence-corrected chi connectivity index (χ3v) is 6.17. The van der Waals surface area contributed by atoms with Crippen LogP contribution in [0.5, 0.6) is 0 Å². The van der Waals surface area contributed by atoms with Crippen LogP contribution >= 0.6 is 0 Å². The first kappa shape index (κ1) is 24.7. The molecule has 192 valence electrons. The number of hydrogen-bond donors (Lipinski definition) is 3. The summed E-state index contributed by atoms with van der Waals surface area (Å²) in [6.45, 7) is 3.51. The molecule has 0 spiro atoms. The molecule has 0 amide bonds. The van der Waals surface area contributed by atoms with Crippen molar-refractivity contribution >= 4 is 28.3 Å². The number of aromatic nitrogens is 2. The fourth-order valence-corrected chi connectivity index (χ4v) is 4.31. The predicted octanol–water partition coefficient (Wildman–Crippen LogP) is 5.69. The van der Waals surface area contributed by atoms with Gasteiger partial charge in [0.1, 0.15) is 16.9 Å². The standard InChI is InChI=1S/C28H22F2N4O4/c1-14-9-19(15(2)33-22-8-7-21(29)26(30)25(22)28(36)37)27-20(10-14)23(35)11-24(38-27)16-12-32-34(13-16)18-5-3-17(31)4-6-18/h3-13,15,33H,31H2,1-2H3,(H,36,37). The highest BCUT2D eigenvalue weighted by molar-refractivity contribution is 5.95. The summed E-state index contributed by atoms with van der Waals surface area (Å²) in [6, 6.07) is 13.3. The molecule has 5 aromatic rings. The Hall–Kier alpha value is -4.99. The van der Waals surface area contributed by atoms with E-state index in [1.54, 1.807) is 67.3 Å². The number of halogens is 2. The molecule has 10 heteroatoms. The molecule has 1 atom stereocenters. The third-order valence-electron chi connectivity index (χ3n) is 6.17. The Morgan fingerprint density at radius 1 is 1.13 bits per heavy atom. The van der Waals surface area contributed by atoms with E-state index in [0.717, 1.165) is 23.4 Å². The van der Waals surface area contributed by atoms with Crippen molar-refractivity contribution in [3.05, 3.63) is 106 Å². The number of carboxylic acid groups (broad SMARTS) is 1. The Morgan fingerprint density at radius 2 is 1.87 bits per heavy atom. The number of aromatic carboxylic acids is 1. The lowest BCUT2D eigenvalue weighted by molar-refractivity contribution is 0.0691. The summed E-state index contributed by atoms with van der Waals surface area (Å²) in [7, 11) is 0. The van der Waals surface area contributed by atoms with Gasteiger partial charge in [-0.25, -0.2) is 18.3 Å². The molecule has 5 rings (SSSR count). The van der Waals surface area contributed by atoms with E-state index < -0.39 is 29.2 Å². The van der Waals surface area contributed by atoms with Crippen LogP contribution in [-0.4, -0.2) is 20.9 Å². The first-order valence-corrected chi connectivity index (χ1v) is 11.6. The van der Waals surface area contributed by atoms with Gasteiger partial charge in [0, 0.05) is 23.5 Å². The molecule has 0 aliphatic carbocycles. The van der Waals surface area contributed by atoms with Crippen LogP contribution in [0.3, 0.4) is 0 Å². The number of benzene rings is 3. The van der Waals surface area contributed by atoms with Gasteiger partial charge in [-0.3, -0.25) is 4.79 Å². The fourth-order valence-electron chi connectivity index (χ4n) is 4.31. The van der Waals surface area contributed by atoms with Gasteiger partial charge in [-0.1, -0.05) is 6.07 Å². The van der Waals surface area contributed by atoms with Crippen LogP contribution in [-0.2, 0) is 0 Å². The van der Waals surface area contributed by atoms with Crippen molar-refractivity contribution < 1.29 is 23.1 Å². The number of hydrogen-bond acceptors (Lipinski definition) is 6. The van der Waals surface area contributed by atoms with Gasteiger partial charge in [0.25, 0.3) is 0 Å². The molecule has 0 saturated carbocycles. The normalized spacial score (nSPS) is 12.0. The average Bonchev–Trinajstić information content (AvgIpc) is 3.37. The topological polar surface area (TPSA) is 123 Å². The molecule has 1 unspecified atom stereocenters. The van der Waals surface area contributed by atoms with Gasteiger partial charge in [0.2, 0.25) is 0 Å². The summed E-state index contributed by atoms with van der Waals surface area (Å²) in [6.07, 6.45) is 3.28. The summed E-state index contributed by atoms with van der Waals surface area (Å²) in [5, 5.41) is 17.1. The molecule has 8 nitrogen and oxygen atoms in total. The zero-order valence-corrected chi connectivity index (χ0v) is 20.3. The second kappa shape index (κ2) is 9.47. The maximum atomic E-state index is 14.3. The number of aryl methyl sites for hydroxylation is 1. The lowest BCUT2D eigenvalue weighted by Gasteiger charge is -2.19. The Bertz CT molecular complexity index is 1760. The maximum absolute atomic E-state index is 14.3. The number of nitrogens with one attached hydrogen (secondary N) is 1. The highest BCUT2D eigenvalue weighted by Crippen LogP contribution is 2.32. The average molecular weight is 517 g/mol. The van der Waals surface area contributed by atoms with Gasteiger partial charge < -0.3 is 20.6 Å². The Kier molecular flexibility index (Phi) is 6.15. The van der Waals surface area contributed by atoms with E-state index in [4.69, 9.17) is 10.2 Å². The van der Waals surface area contributed by atoms with Gasteiger partial charge in [-0.05, 0) is 61.9 Å². The highest BCUT2D eigenvalue weighted by atomic mass is 19.2. The van der Waals surface area contributed by atoms with E-state index in [1.807, 2.05) is 0 Å². The van der Waals surface area contributed by atoms with Crippen LogP contribution in [0.15, 0.2) is 76.2 Å². The smallest absolute Gasteiger partial charge is 0.340 e. The largest absolute Gasteiger partial charge is 0.478 e. The number of nitrogen functional groups attached to an aromatic ring is 1. The minimum absolute atomic E-state index is 0.109. The Morgan fingerprint density at radius 3 is 2.58 bits per heavy atom. The van der Waals surface area contributed by atoms with Crippen LogP contribution in [0, 0.1) is 18.6 Å². The van der Waals surface area contributed by atoms with Gasteiger partial charge in [0.05, 0.1) is 34.6 Å². The van der Waals surface area contributed by atoms with Crippen LogP contribution in [0.1, 0.15) is 34.5 Å². The first-order chi connectivity index (χ1) is 18.1. The molecule has 38 heavy (non-hydrogen) atoms. The van der Waals surface area contributed by atoms with E-state index in [-0.39, 0.29) is 22.5 Å². The number of anilines is 2. The third kappa shape index (κ3) is 4.47. The van der Waals surface area contributed by atoms with Crippen LogP contribution in [0.4, 0.5) is 20.2 Å². The van der Waals surface area contributed by atoms with Gasteiger partial charge in [-0.2, -0.15) is 5.10 Å². The SMILES string of the molecule is Cc1cc(C(C)Nc2ccc(F)c(F)c2C(=O)O)c2oc(-c3cnn(-c4ccc(N)cc4)c3)cc(=O)c2c1. The monoisotopic (exact) mass is 516 g/mol. The van der Waals surface area contributed by atoms with Crippen molar-refractivity contribution in [2.45, 2.75) is 19.9 Å². The number of nitrogens with zero attached hydrogens (tertiary/aromatic N) is 2. The van der Waals surface area contributed by atoms with E-state index in [2.05, 4.69) is 10.4 Å². The second-order valence-electron chi connectivity index (χ2n) is 8.93. The Balaban J connectivity index is 1.58. The molecular formula is C28H22F2N4O4. The molecule has 0 saturated heterocycles. The van der Waals surface area contributed by atoms with E-state index in [0.29, 0.717) is 22.2 Å². The van der Waals surface area contributed by atoms with Gasteiger partial charge in [-0.15, -0.1) is 0 Å². The number of nitrogens with two attached hydrogens (primary N) is 1. The molecule has 0 radical (unpaired) electrons. The van der Waals surface area contributed by atoms with E-state index in [1.165, 1.54) is 6.07 Å². The molecule has 3 aromatic carbocycles. The van der Waals surface area contributed by atoms with E-state index >= 15 is 0 Å². The van der Waals surface area contributed by atoms with Crippen LogP contribution in [0.2, 0.25) is 0 Å². The number of rotatable bonds is 6. The lowest BCUT2D eigenvalue weighted by Crippen LogP contribution is -2.14. The molecule has 0 aliphatic heterocycles. The zero-order valence-electron chi connectivity index (χ0n) is 20.3. The van der Waals surface area contributed by atoms with Crippen molar-refractivity contribution in [3.8, 4) is 17.0 Å². The van der Waals surface area contributed by atoms with Crippen LogP contribution < -0.4 is 16.5 Å². The number of fused-ring (bicyclic) bond motifs is 1. The van der Waals surface area contributed by atoms with Crippen LogP contribution in [0.25, 0.3) is 28.0 Å². The van der Waals surface area contributed by atoms with Gasteiger partial charge >= 0.3 is 5.97 Å². The molecule has 2 heterocycles. The fraction of sp³-hybridized carbons (Fsp3) is 0.107. The zero-order chi connectivity index (χ0) is 27.1. The van der Waals surface area contributed by atoms with E-state index in [9.17, 15) is 23.5 Å². The maximum Gasteiger partial charge on any atom is 0.340 e. The molecule has 2 aromatic heterocycles. The highest BCUT2D eigenvalue weighted by Gasteiger charge is 2.23. The summed E-state index contributed by atoms with van der Waals surface area (Å²) in [5.74, 6) is -4.06.